The van der Waals surface area contributed by atoms with Gasteiger partial charge >= 0.3 is 5.97 Å². The molecule has 7 heteroatoms. The smallest absolute Gasteiger partial charge is 0.338 e. The number of terminal acetylenes is 1. The number of esters is 1. The SMILES string of the molecule is C#Cc1ccc(-c2ncc3c(n2)CCN(CC(O)c2ccc4c(c2C)COC4=O)C3)nc1. The molecule has 3 aromatic rings. The van der Waals surface area contributed by atoms with E-state index in [1.165, 1.54) is 0 Å². The summed E-state index contributed by atoms with van der Waals surface area (Å²) in [4.78, 5) is 27.5. The van der Waals surface area contributed by atoms with Gasteiger partial charge in [0.2, 0.25) is 0 Å². The summed E-state index contributed by atoms with van der Waals surface area (Å²) >= 11 is 0. The van der Waals surface area contributed by atoms with Crippen molar-refractivity contribution in [3.05, 3.63) is 75.7 Å². The summed E-state index contributed by atoms with van der Waals surface area (Å²) in [5, 5.41) is 10.9. The van der Waals surface area contributed by atoms with E-state index in [4.69, 9.17) is 16.1 Å². The van der Waals surface area contributed by atoms with Crippen LogP contribution in [0.4, 0.5) is 0 Å². The Balaban J connectivity index is 1.30. The summed E-state index contributed by atoms with van der Waals surface area (Å²) in [5.74, 6) is 2.85. The van der Waals surface area contributed by atoms with E-state index in [0.29, 0.717) is 30.2 Å². The topological polar surface area (TPSA) is 88.4 Å². The molecule has 0 bridgehead atoms. The molecule has 7 nitrogen and oxygen atoms in total. The van der Waals surface area contributed by atoms with Gasteiger partial charge in [0, 0.05) is 55.1 Å². The number of carbonyl (C=O) groups excluding carboxylic acids is 1. The molecule has 1 atom stereocenters. The molecular weight excluding hydrogens is 404 g/mol. The summed E-state index contributed by atoms with van der Waals surface area (Å²) in [6, 6.07) is 7.25. The van der Waals surface area contributed by atoms with Gasteiger partial charge in [0.25, 0.3) is 0 Å². The molecule has 2 aliphatic rings. The molecule has 0 fully saturated rings. The maximum atomic E-state index is 11.8. The highest BCUT2D eigenvalue weighted by atomic mass is 16.5. The van der Waals surface area contributed by atoms with Crippen molar-refractivity contribution in [2.45, 2.75) is 32.6 Å². The Bertz CT molecular complexity index is 1250. The highest BCUT2D eigenvalue weighted by molar-refractivity contribution is 5.93. The number of benzene rings is 1. The van der Waals surface area contributed by atoms with Crippen LogP contribution in [0.5, 0.6) is 0 Å². The van der Waals surface area contributed by atoms with Gasteiger partial charge in [-0.2, -0.15) is 0 Å². The number of pyridine rings is 1. The first kappa shape index (κ1) is 20.3. The number of carbonyl (C=O) groups is 1. The lowest BCUT2D eigenvalue weighted by Gasteiger charge is -2.30. The van der Waals surface area contributed by atoms with Crippen LogP contribution in [0.2, 0.25) is 0 Å². The van der Waals surface area contributed by atoms with Gasteiger partial charge < -0.3 is 9.84 Å². The van der Waals surface area contributed by atoms with E-state index in [0.717, 1.165) is 46.5 Å². The standard InChI is InChI=1S/C25H22N4O3/c1-3-16-4-7-22(26-10-16)24-27-11-17-12-29(9-8-21(17)28-24)13-23(30)18-5-6-19-20(15(18)2)14-32-25(19)31/h1,4-7,10-11,23,30H,8-9,12-14H2,2H3. The van der Waals surface area contributed by atoms with Gasteiger partial charge in [-0.1, -0.05) is 12.0 Å². The van der Waals surface area contributed by atoms with E-state index in [1.54, 1.807) is 12.3 Å². The Hall–Kier alpha value is -3.60. The summed E-state index contributed by atoms with van der Waals surface area (Å²) in [5.41, 5.74) is 6.71. The van der Waals surface area contributed by atoms with Gasteiger partial charge in [0.15, 0.2) is 5.82 Å². The summed E-state index contributed by atoms with van der Waals surface area (Å²) in [6.45, 7) is 4.16. The molecule has 0 spiro atoms. The number of ether oxygens (including phenoxy) is 1. The third-order valence-corrected chi connectivity index (χ3v) is 6.17. The second kappa shape index (κ2) is 8.15. The fraction of sp³-hybridized carbons (Fsp3) is 0.280. The summed E-state index contributed by atoms with van der Waals surface area (Å²) in [6.07, 6.45) is 8.99. The first-order valence-corrected chi connectivity index (χ1v) is 10.5. The number of hydrogen-bond acceptors (Lipinski definition) is 7. The fourth-order valence-electron chi connectivity index (χ4n) is 4.34. The molecule has 0 saturated heterocycles. The number of cyclic esters (lactones) is 1. The largest absolute Gasteiger partial charge is 0.457 e. The van der Waals surface area contributed by atoms with Crippen molar-refractivity contribution in [1.29, 1.82) is 0 Å². The molecule has 4 heterocycles. The molecular formula is C25H22N4O3. The van der Waals surface area contributed by atoms with E-state index in [1.807, 2.05) is 31.3 Å². The van der Waals surface area contributed by atoms with Crippen molar-refractivity contribution in [3.8, 4) is 23.9 Å². The molecule has 0 saturated carbocycles. The molecule has 1 unspecified atom stereocenters. The number of nitrogens with zero attached hydrogens (tertiary/aromatic N) is 4. The number of fused-ring (bicyclic) bond motifs is 2. The number of β-amino-alcohol motifs (C(OH)–C–C–N with tert-alkyl or cyclic N) is 1. The van der Waals surface area contributed by atoms with Crippen LogP contribution in [0.25, 0.3) is 11.5 Å². The summed E-state index contributed by atoms with van der Waals surface area (Å²) < 4.78 is 5.12. The fourth-order valence-corrected chi connectivity index (χ4v) is 4.34. The van der Waals surface area contributed by atoms with Crippen LogP contribution in [0.1, 0.15) is 50.0 Å². The van der Waals surface area contributed by atoms with Gasteiger partial charge in [-0.05, 0) is 36.2 Å². The average molecular weight is 426 g/mol. The first-order chi connectivity index (χ1) is 15.5. The van der Waals surface area contributed by atoms with E-state index < -0.39 is 6.10 Å². The predicted molar refractivity (Wildman–Crippen MR) is 117 cm³/mol. The molecule has 0 radical (unpaired) electrons. The lowest BCUT2D eigenvalue weighted by atomic mass is 9.95. The van der Waals surface area contributed by atoms with Gasteiger partial charge in [-0.25, -0.2) is 14.8 Å². The zero-order valence-corrected chi connectivity index (χ0v) is 17.7. The molecule has 2 aliphatic heterocycles. The number of aromatic nitrogens is 3. The Kier molecular flexibility index (Phi) is 5.17. The van der Waals surface area contributed by atoms with Gasteiger partial charge in [0.1, 0.15) is 12.3 Å². The Morgan fingerprint density at radius 2 is 2.12 bits per heavy atom. The molecule has 0 aliphatic carbocycles. The first-order valence-electron chi connectivity index (χ1n) is 10.5. The minimum absolute atomic E-state index is 0.275. The molecule has 0 amide bonds. The average Bonchev–Trinajstić information content (AvgIpc) is 3.20. The second-order valence-electron chi connectivity index (χ2n) is 8.12. The number of aliphatic hydroxyl groups excluding tert-OH is 1. The zero-order valence-electron chi connectivity index (χ0n) is 17.7. The van der Waals surface area contributed by atoms with E-state index in [2.05, 4.69) is 20.8 Å². The maximum absolute atomic E-state index is 11.8. The van der Waals surface area contributed by atoms with Gasteiger partial charge in [-0.3, -0.25) is 9.88 Å². The van der Waals surface area contributed by atoms with Crippen LogP contribution in [-0.4, -0.2) is 44.0 Å². The lowest BCUT2D eigenvalue weighted by molar-refractivity contribution is 0.0535. The van der Waals surface area contributed by atoms with Crippen molar-refractivity contribution >= 4 is 5.97 Å². The van der Waals surface area contributed by atoms with Crippen LogP contribution >= 0.6 is 0 Å². The van der Waals surface area contributed by atoms with Crippen molar-refractivity contribution in [3.63, 3.8) is 0 Å². The molecule has 2 aromatic heterocycles. The maximum Gasteiger partial charge on any atom is 0.338 e. The van der Waals surface area contributed by atoms with Crippen molar-refractivity contribution < 1.29 is 14.6 Å². The minimum Gasteiger partial charge on any atom is -0.457 e. The quantitative estimate of drug-likeness (QED) is 0.507. The molecule has 1 aromatic carbocycles. The van der Waals surface area contributed by atoms with Crippen LogP contribution < -0.4 is 0 Å². The van der Waals surface area contributed by atoms with E-state index in [-0.39, 0.29) is 12.6 Å². The predicted octanol–water partition coefficient (Wildman–Crippen LogP) is 2.59. The number of aliphatic hydroxyl groups is 1. The minimum atomic E-state index is -0.656. The van der Waals surface area contributed by atoms with Crippen molar-refractivity contribution in [2.75, 3.05) is 13.1 Å². The molecule has 160 valence electrons. The third-order valence-electron chi connectivity index (χ3n) is 6.17. The third kappa shape index (κ3) is 3.64. The van der Waals surface area contributed by atoms with Crippen LogP contribution in [0, 0.1) is 19.3 Å². The lowest BCUT2D eigenvalue weighted by Crippen LogP contribution is -2.34. The molecule has 5 rings (SSSR count). The van der Waals surface area contributed by atoms with Crippen LogP contribution in [-0.2, 0) is 24.3 Å². The van der Waals surface area contributed by atoms with Crippen molar-refractivity contribution in [1.82, 2.24) is 19.9 Å². The molecule has 1 N–H and O–H groups in total. The normalized spacial score (nSPS) is 16.1. The second-order valence-corrected chi connectivity index (χ2v) is 8.12. The molecule has 32 heavy (non-hydrogen) atoms. The zero-order chi connectivity index (χ0) is 22.2. The highest BCUT2D eigenvalue weighted by Gasteiger charge is 2.27. The Morgan fingerprint density at radius 3 is 2.91 bits per heavy atom. The Labute approximate surface area is 186 Å². The van der Waals surface area contributed by atoms with E-state index >= 15 is 0 Å². The van der Waals surface area contributed by atoms with E-state index in [9.17, 15) is 9.90 Å². The number of hydrogen-bond donors (Lipinski definition) is 1. The van der Waals surface area contributed by atoms with Crippen LogP contribution in [0.3, 0.4) is 0 Å². The van der Waals surface area contributed by atoms with Crippen molar-refractivity contribution in [2.24, 2.45) is 0 Å². The summed E-state index contributed by atoms with van der Waals surface area (Å²) in [7, 11) is 0. The monoisotopic (exact) mass is 426 g/mol. The van der Waals surface area contributed by atoms with Crippen LogP contribution in [0.15, 0.2) is 36.7 Å². The van der Waals surface area contributed by atoms with Gasteiger partial charge in [0.05, 0.1) is 17.4 Å². The number of rotatable bonds is 4. The van der Waals surface area contributed by atoms with Gasteiger partial charge in [-0.15, -0.1) is 6.42 Å². The highest BCUT2D eigenvalue weighted by Crippen LogP contribution is 2.30. The Morgan fingerprint density at radius 1 is 1.25 bits per heavy atom.